The molecule has 96 valence electrons. The molecular weight excluding hydrogens is 299 g/mol. The predicted molar refractivity (Wildman–Crippen MR) is 81.1 cm³/mol. The Morgan fingerprint density at radius 3 is 2.84 bits per heavy atom. The molecule has 0 bridgehead atoms. The Balaban J connectivity index is 1.97. The number of hydrogen-bond acceptors (Lipinski definition) is 2. The molecule has 0 N–H and O–H groups in total. The van der Waals surface area contributed by atoms with E-state index in [4.69, 9.17) is 23.2 Å². The van der Waals surface area contributed by atoms with Crippen molar-refractivity contribution >= 4 is 34.5 Å². The van der Waals surface area contributed by atoms with E-state index < -0.39 is 0 Å². The first-order valence-electron chi connectivity index (χ1n) is 5.73. The highest BCUT2D eigenvalue weighted by Gasteiger charge is 2.10. The van der Waals surface area contributed by atoms with Gasteiger partial charge in [-0.1, -0.05) is 41.4 Å². The van der Waals surface area contributed by atoms with Crippen LogP contribution >= 0.6 is 34.5 Å². The summed E-state index contributed by atoms with van der Waals surface area (Å²) < 4.78 is 2.07. The maximum atomic E-state index is 6.22. The van der Waals surface area contributed by atoms with E-state index in [1.165, 1.54) is 0 Å². The highest BCUT2D eigenvalue weighted by Crippen LogP contribution is 2.28. The van der Waals surface area contributed by atoms with Gasteiger partial charge in [0, 0.05) is 12.4 Å². The van der Waals surface area contributed by atoms with Gasteiger partial charge in [-0.3, -0.25) is 0 Å². The number of hydrogen-bond donors (Lipinski definition) is 0. The van der Waals surface area contributed by atoms with Crippen LogP contribution in [0.4, 0.5) is 0 Å². The summed E-state index contributed by atoms with van der Waals surface area (Å²) in [6, 6.07) is 9.76. The third kappa shape index (κ3) is 2.54. The number of rotatable bonds is 3. The lowest BCUT2D eigenvalue weighted by Gasteiger charge is -2.09. The molecule has 0 aliphatic rings. The fourth-order valence-corrected chi connectivity index (χ4v) is 3.04. The van der Waals surface area contributed by atoms with Crippen molar-refractivity contribution < 1.29 is 0 Å². The normalized spacial score (nSPS) is 10.8. The zero-order valence-corrected chi connectivity index (χ0v) is 12.2. The van der Waals surface area contributed by atoms with Gasteiger partial charge in [-0.2, -0.15) is 0 Å². The lowest BCUT2D eigenvalue weighted by atomic mass is 10.2. The largest absolute Gasteiger partial charge is 0.326 e. The first-order chi connectivity index (χ1) is 9.25. The zero-order valence-electron chi connectivity index (χ0n) is 9.88. The fourth-order valence-electron chi connectivity index (χ4n) is 1.92. The van der Waals surface area contributed by atoms with Crippen LogP contribution in [-0.2, 0) is 6.54 Å². The van der Waals surface area contributed by atoms with E-state index in [9.17, 15) is 0 Å². The lowest BCUT2D eigenvalue weighted by molar-refractivity contribution is 0.809. The van der Waals surface area contributed by atoms with E-state index >= 15 is 0 Å². The number of benzene rings is 1. The van der Waals surface area contributed by atoms with Crippen molar-refractivity contribution in [3.05, 3.63) is 63.7 Å². The van der Waals surface area contributed by atoms with E-state index in [2.05, 4.69) is 15.6 Å². The lowest BCUT2D eigenvalue weighted by Crippen LogP contribution is -2.01. The Hall–Kier alpha value is -1.29. The summed E-state index contributed by atoms with van der Waals surface area (Å²) in [5, 5.41) is 3.23. The van der Waals surface area contributed by atoms with Crippen LogP contribution in [0.15, 0.2) is 48.1 Å². The molecule has 3 rings (SSSR count). The van der Waals surface area contributed by atoms with Gasteiger partial charge in [0.25, 0.3) is 0 Å². The van der Waals surface area contributed by atoms with E-state index in [1.807, 2.05) is 29.8 Å². The summed E-state index contributed by atoms with van der Waals surface area (Å²) in [6.45, 7) is 0.659. The maximum Gasteiger partial charge on any atom is 0.150 e. The first-order valence-corrected chi connectivity index (χ1v) is 7.37. The standard InChI is InChI=1S/C14H10Cl2N2S/c15-11-4-1-3-10(13(11)16)9-18-7-6-17-14(18)12-5-2-8-19-12/h1-8H,9H2. The number of imidazole rings is 1. The van der Waals surface area contributed by atoms with Crippen LogP contribution in [0.25, 0.3) is 10.7 Å². The summed E-state index contributed by atoms with van der Waals surface area (Å²) in [5.74, 6) is 0.950. The van der Waals surface area contributed by atoms with Gasteiger partial charge in [0.1, 0.15) is 5.82 Å². The Morgan fingerprint density at radius 2 is 2.05 bits per heavy atom. The van der Waals surface area contributed by atoms with Crippen molar-refractivity contribution in [2.24, 2.45) is 0 Å². The molecule has 5 heteroatoms. The van der Waals surface area contributed by atoms with Gasteiger partial charge in [0.15, 0.2) is 0 Å². The van der Waals surface area contributed by atoms with Gasteiger partial charge >= 0.3 is 0 Å². The van der Waals surface area contributed by atoms with Crippen molar-refractivity contribution in [2.75, 3.05) is 0 Å². The highest BCUT2D eigenvalue weighted by molar-refractivity contribution is 7.13. The van der Waals surface area contributed by atoms with Crippen molar-refractivity contribution in [1.29, 1.82) is 0 Å². The molecule has 0 saturated heterocycles. The predicted octanol–water partition coefficient (Wildman–Crippen LogP) is 4.97. The minimum Gasteiger partial charge on any atom is -0.326 e. The van der Waals surface area contributed by atoms with Gasteiger partial charge < -0.3 is 4.57 Å². The summed E-state index contributed by atoms with van der Waals surface area (Å²) in [5.41, 5.74) is 0.991. The van der Waals surface area contributed by atoms with Crippen LogP contribution < -0.4 is 0 Å². The number of aromatic nitrogens is 2. The van der Waals surface area contributed by atoms with Crippen molar-refractivity contribution in [3.8, 4) is 10.7 Å². The zero-order chi connectivity index (χ0) is 13.2. The molecule has 3 aromatic rings. The quantitative estimate of drug-likeness (QED) is 0.668. The maximum absolute atomic E-state index is 6.22. The molecule has 0 fully saturated rings. The van der Waals surface area contributed by atoms with Gasteiger partial charge in [-0.05, 0) is 23.1 Å². The van der Waals surface area contributed by atoms with Gasteiger partial charge in [0.05, 0.1) is 21.5 Å². The molecule has 1 aromatic carbocycles. The van der Waals surface area contributed by atoms with E-state index in [0.717, 1.165) is 16.3 Å². The average Bonchev–Trinajstić information content (AvgIpc) is 3.05. The van der Waals surface area contributed by atoms with Crippen LogP contribution in [0, 0.1) is 0 Å². The molecule has 0 aliphatic heterocycles. The second-order valence-electron chi connectivity index (χ2n) is 4.07. The van der Waals surface area contributed by atoms with Crippen LogP contribution in [0.1, 0.15) is 5.56 Å². The van der Waals surface area contributed by atoms with E-state index in [-0.39, 0.29) is 0 Å². The second-order valence-corrected chi connectivity index (χ2v) is 5.80. The minimum absolute atomic E-state index is 0.581. The molecule has 0 unspecified atom stereocenters. The van der Waals surface area contributed by atoms with Crippen molar-refractivity contribution in [1.82, 2.24) is 9.55 Å². The van der Waals surface area contributed by atoms with Crippen LogP contribution in [0.5, 0.6) is 0 Å². The number of nitrogens with zero attached hydrogens (tertiary/aromatic N) is 2. The fraction of sp³-hybridized carbons (Fsp3) is 0.0714. The van der Waals surface area contributed by atoms with E-state index in [0.29, 0.717) is 16.6 Å². The molecule has 19 heavy (non-hydrogen) atoms. The molecule has 0 spiro atoms. The summed E-state index contributed by atoms with van der Waals surface area (Å²) in [7, 11) is 0. The van der Waals surface area contributed by atoms with Crippen molar-refractivity contribution in [2.45, 2.75) is 6.54 Å². The van der Waals surface area contributed by atoms with Crippen LogP contribution in [-0.4, -0.2) is 9.55 Å². The minimum atomic E-state index is 0.581. The molecule has 2 aromatic heterocycles. The Labute approximate surface area is 125 Å². The molecule has 0 radical (unpaired) electrons. The molecule has 0 amide bonds. The summed E-state index contributed by atoms with van der Waals surface area (Å²) >= 11 is 13.9. The van der Waals surface area contributed by atoms with E-state index in [1.54, 1.807) is 23.6 Å². The smallest absolute Gasteiger partial charge is 0.150 e. The Kier molecular flexibility index (Phi) is 3.60. The topological polar surface area (TPSA) is 17.8 Å². The second kappa shape index (κ2) is 5.37. The van der Waals surface area contributed by atoms with Crippen molar-refractivity contribution in [3.63, 3.8) is 0 Å². The molecule has 0 aliphatic carbocycles. The van der Waals surface area contributed by atoms with Gasteiger partial charge in [-0.25, -0.2) is 4.98 Å². The monoisotopic (exact) mass is 308 g/mol. The number of halogens is 2. The third-order valence-corrected chi connectivity index (χ3v) is 4.55. The van der Waals surface area contributed by atoms with Crippen LogP contribution in [0.3, 0.4) is 0 Å². The molecule has 0 saturated carbocycles. The Bertz CT molecular complexity index is 689. The van der Waals surface area contributed by atoms with Gasteiger partial charge in [0.2, 0.25) is 0 Å². The van der Waals surface area contributed by atoms with Gasteiger partial charge in [-0.15, -0.1) is 11.3 Å². The molecule has 0 atom stereocenters. The average molecular weight is 309 g/mol. The SMILES string of the molecule is Clc1cccc(Cn2ccnc2-c2cccs2)c1Cl. The number of thiophene rings is 1. The first kappa shape index (κ1) is 12.7. The summed E-state index contributed by atoms with van der Waals surface area (Å²) in [6.07, 6.45) is 3.75. The Morgan fingerprint density at radius 1 is 1.16 bits per heavy atom. The third-order valence-electron chi connectivity index (χ3n) is 2.83. The summed E-state index contributed by atoms with van der Waals surface area (Å²) in [4.78, 5) is 5.55. The molecule has 2 heterocycles. The molecular formula is C14H10Cl2N2S. The molecule has 2 nitrogen and oxygen atoms in total. The highest BCUT2D eigenvalue weighted by atomic mass is 35.5. The van der Waals surface area contributed by atoms with Crippen LogP contribution in [0.2, 0.25) is 10.0 Å².